The minimum atomic E-state index is -3.50. The predicted octanol–water partition coefficient (Wildman–Crippen LogP) is 1.44. The third-order valence-corrected chi connectivity index (χ3v) is 4.53. The fourth-order valence-electron chi connectivity index (χ4n) is 2.25. The molecule has 0 aliphatic heterocycles. The molecular formula is C14H25N3O2S. The number of nitrogen functional groups attached to an aromatic ring is 1. The maximum absolute atomic E-state index is 12.3. The summed E-state index contributed by atoms with van der Waals surface area (Å²) >= 11 is 0. The monoisotopic (exact) mass is 299 g/mol. The molecule has 20 heavy (non-hydrogen) atoms. The van der Waals surface area contributed by atoms with Gasteiger partial charge in [0.15, 0.2) is 0 Å². The van der Waals surface area contributed by atoms with Crippen LogP contribution in [0.3, 0.4) is 0 Å². The third-order valence-electron chi connectivity index (χ3n) is 2.97. The van der Waals surface area contributed by atoms with Crippen molar-refractivity contribution in [2.45, 2.75) is 25.7 Å². The summed E-state index contributed by atoms with van der Waals surface area (Å²) in [6.07, 6.45) is 0. The SMILES string of the molecule is Cc1cc(N)ccc1S(=O)(=O)NCC(C)(C)CN(C)C. The molecular weight excluding hydrogens is 274 g/mol. The van der Waals surface area contributed by atoms with Gasteiger partial charge in [0.2, 0.25) is 10.0 Å². The molecule has 0 aromatic heterocycles. The minimum absolute atomic E-state index is 0.141. The largest absolute Gasteiger partial charge is 0.399 e. The second-order valence-electron chi connectivity index (χ2n) is 6.25. The number of hydrogen-bond donors (Lipinski definition) is 2. The lowest BCUT2D eigenvalue weighted by Crippen LogP contribution is -2.40. The van der Waals surface area contributed by atoms with Crippen molar-refractivity contribution in [3.63, 3.8) is 0 Å². The lowest BCUT2D eigenvalue weighted by Gasteiger charge is -2.28. The summed E-state index contributed by atoms with van der Waals surface area (Å²) in [5, 5.41) is 0. The molecule has 0 aliphatic carbocycles. The van der Waals surface area contributed by atoms with E-state index in [1.165, 1.54) is 0 Å². The van der Waals surface area contributed by atoms with Gasteiger partial charge in [-0.05, 0) is 50.2 Å². The number of rotatable bonds is 6. The smallest absolute Gasteiger partial charge is 0.240 e. The zero-order valence-corrected chi connectivity index (χ0v) is 13.7. The average molecular weight is 299 g/mol. The van der Waals surface area contributed by atoms with Gasteiger partial charge in [-0.3, -0.25) is 0 Å². The Morgan fingerprint density at radius 1 is 1.30 bits per heavy atom. The van der Waals surface area contributed by atoms with Gasteiger partial charge in [-0.15, -0.1) is 0 Å². The predicted molar refractivity (Wildman–Crippen MR) is 83.1 cm³/mol. The Balaban J connectivity index is 2.85. The van der Waals surface area contributed by atoms with Crippen molar-refractivity contribution in [2.24, 2.45) is 5.41 Å². The van der Waals surface area contributed by atoms with Crippen LogP contribution in [-0.2, 0) is 10.0 Å². The molecule has 0 spiro atoms. The Morgan fingerprint density at radius 2 is 1.90 bits per heavy atom. The van der Waals surface area contributed by atoms with E-state index in [-0.39, 0.29) is 10.3 Å². The van der Waals surface area contributed by atoms with Crippen LogP contribution in [0.2, 0.25) is 0 Å². The summed E-state index contributed by atoms with van der Waals surface area (Å²) in [4.78, 5) is 2.33. The van der Waals surface area contributed by atoms with E-state index in [1.807, 2.05) is 32.8 Å². The minimum Gasteiger partial charge on any atom is -0.399 e. The number of nitrogens with zero attached hydrogens (tertiary/aromatic N) is 1. The average Bonchev–Trinajstić information content (AvgIpc) is 2.24. The summed E-state index contributed by atoms with van der Waals surface area (Å²) in [5.41, 5.74) is 6.73. The van der Waals surface area contributed by atoms with Gasteiger partial charge >= 0.3 is 0 Å². The van der Waals surface area contributed by atoms with Gasteiger partial charge in [0.25, 0.3) is 0 Å². The highest BCUT2D eigenvalue weighted by Crippen LogP contribution is 2.20. The van der Waals surface area contributed by atoms with Gasteiger partial charge < -0.3 is 10.6 Å². The molecule has 114 valence electrons. The summed E-state index contributed by atoms with van der Waals surface area (Å²) < 4.78 is 27.3. The molecule has 0 bridgehead atoms. The second-order valence-corrected chi connectivity index (χ2v) is 7.99. The molecule has 5 nitrogen and oxygen atoms in total. The first-order chi connectivity index (χ1) is 9.03. The summed E-state index contributed by atoms with van der Waals surface area (Å²) in [7, 11) is 0.444. The highest BCUT2D eigenvalue weighted by atomic mass is 32.2. The van der Waals surface area contributed by atoms with Gasteiger partial charge in [0.1, 0.15) is 0 Å². The van der Waals surface area contributed by atoms with E-state index in [0.717, 1.165) is 6.54 Å². The van der Waals surface area contributed by atoms with Crippen LogP contribution in [0.5, 0.6) is 0 Å². The standard InChI is InChI=1S/C14H25N3O2S/c1-11-8-12(15)6-7-13(11)20(18,19)16-9-14(2,3)10-17(4)5/h6-8,16H,9-10,15H2,1-5H3. The Kier molecular flexibility index (Phi) is 5.18. The van der Waals surface area contributed by atoms with Gasteiger partial charge in [-0.25, -0.2) is 13.1 Å². The molecule has 0 amide bonds. The van der Waals surface area contributed by atoms with E-state index in [9.17, 15) is 8.42 Å². The van der Waals surface area contributed by atoms with E-state index in [2.05, 4.69) is 4.72 Å². The van der Waals surface area contributed by atoms with Crippen LogP contribution in [0.25, 0.3) is 0 Å². The maximum atomic E-state index is 12.3. The zero-order valence-electron chi connectivity index (χ0n) is 12.9. The van der Waals surface area contributed by atoms with Gasteiger partial charge in [0, 0.05) is 18.8 Å². The molecule has 6 heteroatoms. The quantitative estimate of drug-likeness (QED) is 0.780. The van der Waals surface area contributed by atoms with Crippen LogP contribution in [0, 0.1) is 12.3 Å². The molecule has 0 saturated carbocycles. The van der Waals surface area contributed by atoms with Crippen LogP contribution in [0.4, 0.5) is 5.69 Å². The van der Waals surface area contributed by atoms with Crippen LogP contribution < -0.4 is 10.5 Å². The highest BCUT2D eigenvalue weighted by molar-refractivity contribution is 7.89. The first-order valence-corrected chi connectivity index (χ1v) is 8.02. The van der Waals surface area contributed by atoms with E-state index in [4.69, 9.17) is 5.73 Å². The number of anilines is 1. The molecule has 0 aliphatic rings. The van der Waals surface area contributed by atoms with Crippen molar-refractivity contribution < 1.29 is 8.42 Å². The number of aryl methyl sites for hydroxylation is 1. The summed E-state index contributed by atoms with van der Waals surface area (Å²) in [6.45, 7) is 7.00. The third kappa shape index (κ3) is 4.77. The molecule has 0 fully saturated rings. The van der Waals surface area contributed by atoms with Crippen molar-refractivity contribution in [1.82, 2.24) is 9.62 Å². The molecule has 3 N–H and O–H groups in total. The second kappa shape index (κ2) is 6.11. The molecule has 0 atom stereocenters. The Bertz CT molecular complexity index is 566. The lowest BCUT2D eigenvalue weighted by molar-refractivity contribution is 0.242. The number of nitrogens with one attached hydrogen (secondary N) is 1. The fourth-order valence-corrected chi connectivity index (χ4v) is 3.72. The fraction of sp³-hybridized carbons (Fsp3) is 0.571. The Labute approximate surface area is 122 Å². The van der Waals surface area contributed by atoms with Crippen LogP contribution in [-0.4, -0.2) is 40.5 Å². The molecule has 0 heterocycles. The maximum Gasteiger partial charge on any atom is 0.240 e. The summed E-state index contributed by atoms with van der Waals surface area (Å²) in [5.74, 6) is 0. The van der Waals surface area contributed by atoms with E-state index >= 15 is 0 Å². The highest BCUT2D eigenvalue weighted by Gasteiger charge is 2.23. The van der Waals surface area contributed by atoms with Crippen LogP contribution in [0.15, 0.2) is 23.1 Å². The number of benzene rings is 1. The number of sulfonamides is 1. The normalized spacial score (nSPS) is 12.9. The number of hydrogen-bond acceptors (Lipinski definition) is 4. The first-order valence-electron chi connectivity index (χ1n) is 6.54. The Morgan fingerprint density at radius 3 is 2.40 bits per heavy atom. The molecule has 1 rings (SSSR count). The van der Waals surface area contributed by atoms with Crippen LogP contribution >= 0.6 is 0 Å². The van der Waals surface area contributed by atoms with Crippen molar-refractivity contribution in [1.29, 1.82) is 0 Å². The molecule has 0 radical (unpaired) electrons. The summed E-state index contributed by atoms with van der Waals surface area (Å²) in [6, 6.07) is 4.82. The van der Waals surface area contributed by atoms with E-state index in [1.54, 1.807) is 25.1 Å². The van der Waals surface area contributed by atoms with Crippen molar-refractivity contribution in [2.75, 3.05) is 32.9 Å². The van der Waals surface area contributed by atoms with E-state index < -0.39 is 10.0 Å². The van der Waals surface area contributed by atoms with Crippen molar-refractivity contribution in [3.8, 4) is 0 Å². The van der Waals surface area contributed by atoms with Gasteiger partial charge in [-0.1, -0.05) is 13.8 Å². The topological polar surface area (TPSA) is 75.4 Å². The van der Waals surface area contributed by atoms with Gasteiger partial charge in [-0.2, -0.15) is 0 Å². The Hall–Kier alpha value is -1.11. The van der Waals surface area contributed by atoms with Gasteiger partial charge in [0.05, 0.1) is 4.90 Å². The van der Waals surface area contributed by atoms with Crippen LogP contribution in [0.1, 0.15) is 19.4 Å². The van der Waals surface area contributed by atoms with Crippen molar-refractivity contribution >= 4 is 15.7 Å². The molecule has 1 aromatic rings. The molecule has 1 aromatic carbocycles. The number of nitrogens with two attached hydrogens (primary N) is 1. The first kappa shape index (κ1) is 16.9. The van der Waals surface area contributed by atoms with Crippen molar-refractivity contribution in [3.05, 3.63) is 23.8 Å². The zero-order chi connectivity index (χ0) is 15.6. The molecule has 0 saturated heterocycles. The van der Waals surface area contributed by atoms with E-state index in [0.29, 0.717) is 17.8 Å². The lowest BCUT2D eigenvalue weighted by atomic mass is 9.93. The molecule has 0 unspecified atom stereocenters.